The van der Waals surface area contributed by atoms with Gasteiger partial charge in [-0.05, 0) is 26.8 Å². The van der Waals surface area contributed by atoms with Crippen molar-refractivity contribution < 1.29 is 19.2 Å². The van der Waals surface area contributed by atoms with Gasteiger partial charge in [-0.15, -0.1) is 11.7 Å². The summed E-state index contributed by atoms with van der Waals surface area (Å²) in [5, 5.41) is 9.54. The van der Waals surface area contributed by atoms with Crippen LogP contribution in [0.15, 0.2) is 24.9 Å². The Morgan fingerprint density at radius 3 is 2.90 bits per heavy atom. The predicted octanol–water partition coefficient (Wildman–Crippen LogP) is 1.18. The standard InChI is InChI=1S/C18H27N7O4/c1-6-7-28-25-13-8-12(9-23(10-13)16(25)26)24-11-14(20-21-24)15(19)22(5)17(27)29-18(2,3)4/h6,8,11,13,15H,1,7,9-10,19H2,2-5H3. The average Bonchev–Trinajstić information content (AvgIpc) is 3.22. The lowest BCUT2D eigenvalue weighted by Crippen LogP contribution is -2.40. The van der Waals surface area contributed by atoms with Gasteiger partial charge in [0.05, 0.1) is 31.1 Å². The minimum Gasteiger partial charge on any atom is -0.444 e. The number of urea groups is 1. The van der Waals surface area contributed by atoms with Gasteiger partial charge in [-0.25, -0.2) is 14.3 Å². The fourth-order valence-corrected chi connectivity index (χ4v) is 3.01. The molecule has 0 radical (unpaired) electrons. The Labute approximate surface area is 169 Å². The third-order valence-electron chi connectivity index (χ3n) is 4.44. The summed E-state index contributed by atoms with van der Waals surface area (Å²) in [6, 6.07) is -0.429. The molecule has 3 heterocycles. The summed E-state index contributed by atoms with van der Waals surface area (Å²) in [7, 11) is 1.54. The molecule has 11 heteroatoms. The number of hydrogen-bond acceptors (Lipinski definition) is 7. The lowest BCUT2D eigenvalue weighted by Gasteiger charge is -2.27. The second kappa shape index (κ2) is 7.84. The number of rotatable bonds is 6. The van der Waals surface area contributed by atoms with Crippen LogP contribution in [0.3, 0.4) is 0 Å². The highest BCUT2D eigenvalue weighted by molar-refractivity contribution is 5.80. The number of aromatic nitrogens is 3. The molecule has 2 aliphatic rings. The molecular formula is C18H27N7O4. The molecule has 29 heavy (non-hydrogen) atoms. The van der Waals surface area contributed by atoms with Crippen molar-refractivity contribution in [2.24, 2.45) is 5.73 Å². The molecule has 1 aromatic heterocycles. The van der Waals surface area contributed by atoms with Crippen molar-refractivity contribution >= 4 is 17.8 Å². The summed E-state index contributed by atoms with van der Waals surface area (Å²) >= 11 is 0. The molecule has 3 rings (SSSR count). The zero-order chi connectivity index (χ0) is 21.3. The molecule has 2 atom stereocenters. The summed E-state index contributed by atoms with van der Waals surface area (Å²) in [6.07, 6.45) is 3.76. The SMILES string of the molecule is C=CCON1C(=O)N2CC(n3cc(C(N)N(C)C(=O)OC(C)(C)C)nn3)=CC1C2. The molecule has 0 aromatic carbocycles. The van der Waals surface area contributed by atoms with Gasteiger partial charge in [-0.2, -0.15) is 5.06 Å². The number of ether oxygens (including phenoxy) is 1. The smallest absolute Gasteiger partial charge is 0.411 e. The Bertz CT molecular complexity index is 828. The monoisotopic (exact) mass is 405 g/mol. The van der Waals surface area contributed by atoms with Crippen LogP contribution in [0.25, 0.3) is 5.70 Å². The van der Waals surface area contributed by atoms with Gasteiger partial charge in [0.25, 0.3) is 0 Å². The Balaban J connectivity index is 1.72. The second-order valence-corrected chi connectivity index (χ2v) is 7.92. The van der Waals surface area contributed by atoms with E-state index in [9.17, 15) is 9.59 Å². The van der Waals surface area contributed by atoms with Gasteiger partial charge < -0.3 is 15.4 Å². The zero-order valence-corrected chi connectivity index (χ0v) is 17.1. The maximum absolute atomic E-state index is 12.4. The second-order valence-electron chi connectivity index (χ2n) is 7.92. The minimum absolute atomic E-state index is 0.204. The van der Waals surface area contributed by atoms with Crippen LogP contribution in [-0.4, -0.2) is 80.4 Å². The molecule has 11 nitrogen and oxygen atoms in total. The largest absolute Gasteiger partial charge is 0.444 e. The molecule has 0 saturated carbocycles. The van der Waals surface area contributed by atoms with Gasteiger partial charge in [0.1, 0.15) is 17.5 Å². The topological polar surface area (TPSA) is 119 Å². The highest BCUT2D eigenvalue weighted by Crippen LogP contribution is 2.27. The first-order valence-corrected chi connectivity index (χ1v) is 9.27. The molecular weight excluding hydrogens is 378 g/mol. The van der Waals surface area contributed by atoms with E-state index in [-0.39, 0.29) is 18.7 Å². The Kier molecular flexibility index (Phi) is 5.62. The van der Waals surface area contributed by atoms with Gasteiger partial charge >= 0.3 is 12.1 Å². The lowest BCUT2D eigenvalue weighted by atomic mass is 10.2. The Hall–Kier alpha value is -2.92. The van der Waals surface area contributed by atoms with E-state index in [0.29, 0.717) is 18.8 Å². The van der Waals surface area contributed by atoms with Gasteiger partial charge in [0.15, 0.2) is 0 Å². The van der Waals surface area contributed by atoms with Crippen molar-refractivity contribution in [1.82, 2.24) is 29.9 Å². The predicted molar refractivity (Wildman–Crippen MR) is 104 cm³/mol. The maximum atomic E-state index is 12.4. The quantitative estimate of drug-likeness (QED) is 0.557. The van der Waals surface area contributed by atoms with Crippen molar-refractivity contribution in [3.63, 3.8) is 0 Å². The van der Waals surface area contributed by atoms with Crippen molar-refractivity contribution in [3.05, 3.63) is 30.6 Å². The fraction of sp³-hybridized carbons (Fsp3) is 0.556. The number of nitrogens with two attached hydrogens (primary N) is 1. The first-order chi connectivity index (χ1) is 13.6. The first-order valence-electron chi connectivity index (χ1n) is 9.27. The molecule has 3 amide bonds. The van der Waals surface area contributed by atoms with Crippen molar-refractivity contribution in [3.8, 4) is 0 Å². The lowest BCUT2D eigenvalue weighted by molar-refractivity contribution is -0.107. The maximum Gasteiger partial charge on any atom is 0.411 e. The van der Waals surface area contributed by atoms with Crippen LogP contribution in [0.5, 0.6) is 0 Å². The summed E-state index contributed by atoms with van der Waals surface area (Å²) in [5.74, 6) is 0. The van der Waals surface area contributed by atoms with E-state index in [1.54, 1.807) is 42.6 Å². The third kappa shape index (κ3) is 4.40. The molecule has 2 aliphatic heterocycles. The van der Waals surface area contributed by atoms with E-state index < -0.39 is 17.9 Å². The molecule has 1 aromatic rings. The first kappa shape index (κ1) is 20.8. The van der Waals surface area contributed by atoms with E-state index in [2.05, 4.69) is 16.9 Å². The van der Waals surface area contributed by atoms with E-state index in [1.165, 1.54) is 17.0 Å². The van der Waals surface area contributed by atoms with Crippen LogP contribution in [0.2, 0.25) is 0 Å². The molecule has 2 unspecified atom stereocenters. The van der Waals surface area contributed by atoms with Gasteiger partial charge in [-0.3, -0.25) is 9.74 Å². The number of carbonyl (C=O) groups is 2. The van der Waals surface area contributed by atoms with Gasteiger partial charge in [0, 0.05) is 13.6 Å². The zero-order valence-electron chi connectivity index (χ0n) is 17.1. The average molecular weight is 405 g/mol. The summed E-state index contributed by atoms with van der Waals surface area (Å²) < 4.78 is 6.88. The van der Waals surface area contributed by atoms with Gasteiger partial charge in [-0.1, -0.05) is 11.3 Å². The molecule has 0 spiro atoms. The fourth-order valence-electron chi connectivity index (χ4n) is 3.01. The van der Waals surface area contributed by atoms with Gasteiger partial charge in [0.2, 0.25) is 0 Å². The van der Waals surface area contributed by atoms with Crippen molar-refractivity contribution in [1.29, 1.82) is 0 Å². The highest BCUT2D eigenvalue weighted by atomic mass is 16.7. The van der Waals surface area contributed by atoms with E-state index in [4.69, 9.17) is 15.3 Å². The normalized spacial score (nSPS) is 19.8. The van der Waals surface area contributed by atoms with Crippen molar-refractivity contribution in [2.45, 2.75) is 38.6 Å². The van der Waals surface area contributed by atoms with Crippen LogP contribution in [0.4, 0.5) is 9.59 Å². The van der Waals surface area contributed by atoms with Crippen LogP contribution in [0, 0.1) is 0 Å². The molecule has 2 N–H and O–H groups in total. The number of nitrogens with zero attached hydrogens (tertiary/aromatic N) is 6. The van der Waals surface area contributed by atoms with Crippen LogP contribution < -0.4 is 5.73 Å². The molecule has 1 fully saturated rings. The van der Waals surface area contributed by atoms with E-state index in [1.807, 2.05) is 6.08 Å². The number of amides is 3. The Morgan fingerprint density at radius 1 is 1.52 bits per heavy atom. The van der Waals surface area contributed by atoms with Crippen LogP contribution >= 0.6 is 0 Å². The summed E-state index contributed by atoms with van der Waals surface area (Å²) in [4.78, 5) is 33.0. The molecule has 2 bridgehead atoms. The third-order valence-corrected chi connectivity index (χ3v) is 4.44. The van der Waals surface area contributed by atoms with E-state index in [0.717, 1.165) is 5.70 Å². The highest BCUT2D eigenvalue weighted by Gasteiger charge is 2.41. The van der Waals surface area contributed by atoms with Crippen LogP contribution in [0.1, 0.15) is 32.6 Å². The van der Waals surface area contributed by atoms with Crippen molar-refractivity contribution in [2.75, 3.05) is 26.7 Å². The number of carbonyl (C=O) groups excluding carboxylic acids is 2. The summed E-state index contributed by atoms with van der Waals surface area (Å²) in [5.41, 5.74) is 6.69. The number of hydroxylamine groups is 2. The number of fused-ring (bicyclic) bond motifs is 2. The van der Waals surface area contributed by atoms with E-state index >= 15 is 0 Å². The molecule has 0 aliphatic carbocycles. The minimum atomic E-state index is -0.825. The molecule has 158 valence electrons. The Morgan fingerprint density at radius 2 is 2.24 bits per heavy atom. The summed E-state index contributed by atoms with van der Waals surface area (Å²) in [6.45, 7) is 10.1. The van der Waals surface area contributed by atoms with Crippen LogP contribution in [-0.2, 0) is 9.57 Å². The number of hydrogen-bond donors (Lipinski definition) is 1. The molecule has 1 saturated heterocycles.